The maximum Gasteiger partial charge on any atom is 0.305 e. The summed E-state index contributed by atoms with van der Waals surface area (Å²) in [7, 11) is 1.42. The van der Waals surface area contributed by atoms with Crippen molar-refractivity contribution < 1.29 is 9.53 Å². The van der Waals surface area contributed by atoms with Crippen molar-refractivity contribution in [3.05, 3.63) is 84.1 Å². The molecular weight excluding hydrogens is 398 g/mol. The van der Waals surface area contributed by atoms with Crippen LogP contribution in [0.3, 0.4) is 0 Å². The fourth-order valence-corrected chi connectivity index (χ4v) is 4.46. The molecule has 32 heavy (non-hydrogen) atoms. The number of fused-ring (bicyclic) bond motifs is 1. The van der Waals surface area contributed by atoms with Gasteiger partial charge in [0.05, 0.1) is 18.5 Å². The third-order valence-electron chi connectivity index (χ3n) is 6.55. The van der Waals surface area contributed by atoms with Gasteiger partial charge in [0.2, 0.25) is 0 Å². The zero-order valence-corrected chi connectivity index (χ0v) is 18.3. The molecule has 0 unspecified atom stereocenters. The second-order valence-corrected chi connectivity index (χ2v) is 8.60. The summed E-state index contributed by atoms with van der Waals surface area (Å²) in [6.07, 6.45) is 6.34. The Morgan fingerprint density at radius 1 is 1.03 bits per heavy atom. The Morgan fingerprint density at radius 2 is 1.78 bits per heavy atom. The maximum absolute atomic E-state index is 11.6. The predicted octanol–water partition coefficient (Wildman–Crippen LogP) is 5.11. The number of nitrogens with two attached hydrogens (primary N) is 1. The van der Waals surface area contributed by atoms with Gasteiger partial charge >= 0.3 is 5.97 Å². The molecule has 162 valence electrons. The number of carbonyl (C=O) groups excluding carboxylic acids is 1. The van der Waals surface area contributed by atoms with E-state index in [0.717, 1.165) is 46.6 Å². The number of aryl methyl sites for hydroxylation is 1. The highest BCUT2D eigenvalue weighted by atomic mass is 16.5. The van der Waals surface area contributed by atoms with E-state index in [9.17, 15) is 4.79 Å². The molecule has 1 fully saturated rings. The molecule has 1 saturated carbocycles. The van der Waals surface area contributed by atoms with E-state index < -0.39 is 0 Å². The standard InChI is InChI=1S/C27H27N3O2/c1-32-24(31)15-9-19-8-14-23-29-25(26(30(23)18-19)21-6-3-2-4-7-21)20-10-12-22(13-11-20)27(28)16-5-17-27/h2-4,6-8,10-14,18H,5,9,15-17,28H2,1H3. The fourth-order valence-electron chi connectivity index (χ4n) is 4.46. The Balaban J connectivity index is 1.59. The van der Waals surface area contributed by atoms with Crippen molar-refractivity contribution in [2.45, 2.75) is 37.6 Å². The molecule has 0 atom stereocenters. The molecule has 0 aliphatic heterocycles. The minimum Gasteiger partial charge on any atom is -0.469 e. The smallest absolute Gasteiger partial charge is 0.305 e. The van der Waals surface area contributed by atoms with Gasteiger partial charge in [-0.2, -0.15) is 0 Å². The van der Waals surface area contributed by atoms with E-state index in [4.69, 9.17) is 15.5 Å². The molecule has 2 heterocycles. The number of rotatable bonds is 6. The van der Waals surface area contributed by atoms with Gasteiger partial charge in [0.25, 0.3) is 0 Å². The number of carbonyl (C=O) groups is 1. The number of hydrogen-bond donors (Lipinski definition) is 1. The number of esters is 1. The Kier molecular flexibility index (Phi) is 5.27. The van der Waals surface area contributed by atoms with Crippen molar-refractivity contribution in [2.75, 3.05) is 7.11 Å². The van der Waals surface area contributed by atoms with Gasteiger partial charge in [-0.15, -0.1) is 0 Å². The van der Waals surface area contributed by atoms with E-state index in [1.165, 1.54) is 19.1 Å². The van der Waals surface area contributed by atoms with Crippen LogP contribution >= 0.6 is 0 Å². The van der Waals surface area contributed by atoms with Gasteiger partial charge in [-0.1, -0.05) is 60.7 Å². The Labute approximate surface area is 187 Å². The van der Waals surface area contributed by atoms with Crippen molar-refractivity contribution in [3.63, 3.8) is 0 Å². The summed E-state index contributed by atoms with van der Waals surface area (Å²) >= 11 is 0. The van der Waals surface area contributed by atoms with Crippen LogP contribution in [0.1, 0.15) is 36.8 Å². The third-order valence-corrected chi connectivity index (χ3v) is 6.55. The summed E-state index contributed by atoms with van der Waals surface area (Å²) in [4.78, 5) is 16.6. The zero-order valence-electron chi connectivity index (χ0n) is 18.3. The molecular formula is C27H27N3O2. The second-order valence-electron chi connectivity index (χ2n) is 8.60. The summed E-state index contributed by atoms with van der Waals surface area (Å²) in [6, 6.07) is 22.9. The quantitative estimate of drug-likeness (QED) is 0.436. The molecule has 5 rings (SSSR count). The van der Waals surface area contributed by atoms with Crippen LogP contribution in [0, 0.1) is 0 Å². The van der Waals surface area contributed by atoms with E-state index in [1.807, 2.05) is 30.3 Å². The van der Waals surface area contributed by atoms with Gasteiger partial charge in [-0.25, -0.2) is 4.98 Å². The summed E-state index contributed by atoms with van der Waals surface area (Å²) in [5.74, 6) is -0.205. The van der Waals surface area contributed by atoms with Crippen LogP contribution in [0.5, 0.6) is 0 Å². The predicted molar refractivity (Wildman–Crippen MR) is 126 cm³/mol. The largest absolute Gasteiger partial charge is 0.469 e. The summed E-state index contributed by atoms with van der Waals surface area (Å²) < 4.78 is 6.92. The van der Waals surface area contributed by atoms with Crippen LogP contribution in [0.2, 0.25) is 0 Å². The number of aromatic nitrogens is 2. The first-order chi connectivity index (χ1) is 15.6. The van der Waals surface area contributed by atoms with Crippen molar-refractivity contribution >= 4 is 11.6 Å². The van der Waals surface area contributed by atoms with Gasteiger partial charge in [0, 0.05) is 29.3 Å². The van der Waals surface area contributed by atoms with Gasteiger partial charge in [-0.3, -0.25) is 9.20 Å². The van der Waals surface area contributed by atoms with Crippen LogP contribution in [0.25, 0.3) is 28.2 Å². The number of nitrogens with zero attached hydrogens (tertiary/aromatic N) is 2. The molecule has 0 radical (unpaired) electrons. The minimum atomic E-state index is -0.205. The topological polar surface area (TPSA) is 69.6 Å². The molecule has 4 aromatic rings. The highest BCUT2D eigenvalue weighted by Gasteiger charge is 2.34. The molecule has 5 nitrogen and oxygen atoms in total. The van der Waals surface area contributed by atoms with E-state index >= 15 is 0 Å². The number of pyridine rings is 1. The van der Waals surface area contributed by atoms with Crippen LogP contribution in [-0.2, 0) is 21.5 Å². The molecule has 2 N–H and O–H groups in total. The lowest BCUT2D eigenvalue weighted by Crippen LogP contribution is -2.43. The summed E-state index contributed by atoms with van der Waals surface area (Å²) in [6.45, 7) is 0. The molecule has 0 amide bonds. The number of imidazole rings is 1. The maximum atomic E-state index is 11.6. The minimum absolute atomic E-state index is 0.172. The monoisotopic (exact) mass is 425 g/mol. The van der Waals surface area contributed by atoms with E-state index in [2.05, 4.69) is 47.0 Å². The lowest BCUT2D eigenvalue weighted by molar-refractivity contribution is -0.140. The van der Waals surface area contributed by atoms with Crippen LogP contribution < -0.4 is 5.73 Å². The van der Waals surface area contributed by atoms with E-state index in [0.29, 0.717) is 12.8 Å². The molecule has 5 heteroatoms. The molecule has 2 aromatic carbocycles. The van der Waals surface area contributed by atoms with Crippen molar-refractivity contribution in [3.8, 4) is 22.5 Å². The van der Waals surface area contributed by atoms with Crippen molar-refractivity contribution in [1.82, 2.24) is 9.38 Å². The van der Waals surface area contributed by atoms with Crippen LogP contribution in [0.15, 0.2) is 72.9 Å². The highest BCUT2D eigenvalue weighted by molar-refractivity contribution is 5.82. The zero-order chi connectivity index (χ0) is 22.1. The molecule has 2 aromatic heterocycles. The third kappa shape index (κ3) is 3.69. The van der Waals surface area contributed by atoms with E-state index in [-0.39, 0.29) is 11.5 Å². The number of methoxy groups -OCH3 is 1. The molecule has 0 bridgehead atoms. The average molecular weight is 426 g/mol. The first-order valence-corrected chi connectivity index (χ1v) is 11.1. The lowest BCUT2D eigenvalue weighted by atomic mass is 9.72. The van der Waals surface area contributed by atoms with Crippen molar-refractivity contribution in [2.24, 2.45) is 5.73 Å². The molecule has 0 spiro atoms. The SMILES string of the molecule is COC(=O)CCc1ccc2nc(-c3ccc(C4(N)CCC4)cc3)c(-c3ccccc3)n2c1. The Bertz CT molecular complexity index is 1260. The first kappa shape index (κ1) is 20.5. The van der Waals surface area contributed by atoms with Crippen molar-refractivity contribution in [1.29, 1.82) is 0 Å². The van der Waals surface area contributed by atoms with Gasteiger partial charge < -0.3 is 10.5 Å². The molecule has 1 aliphatic rings. The van der Waals surface area contributed by atoms with Gasteiger partial charge in [0.15, 0.2) is 0 Å². The highest BCUT2D eigenvalue weighted by Crippen LogP contribution is 2.40. The number of ether oxygens (including phenoxy) is 1. The normalized spacial score (nSPS) is 14.8. The number of benzene rings is 2. The van der Waals surface area contributed by atoms with Crippen LogP contribution in [-0.4, -0.2) is 22.5 Å². The molecule has 0 saturated heterocycles. The summed E-state index contributed by atoms with van der Waals surface area (Å²) in [5.41, 5.74) is 13.6. The Morgan fingerprint density at radius 3 is 2.44 bits per heavy atom. The molecule has 1 aliphatic carbocycles. The van der Waals surface area contributed by atoms with Crippen LogP contribution in [0.4, 0.5) is 0 Å². The fraction of sp³-hybridized carbons (Fsp3) is 0.259. The Hall–Kier alpha value is -3.44. The van der Waals surface area contributed by atoms with E-state index in [1.54, 1.807) is 0 Å². The number of hydrogen-bond acceptors (Lipinski definition) is 4. The first-order valence-electron chi connectivity index (χ1n) is 11.1. The average Bonchev–Trinajstić information content (AvgIpc) is 3.20. The lowest BCUT2D eigenvalue weighted by Gasteiger charge is -2.38. The van der Waals surface area contributed by atoms with Gasteiger partial charge in [0.1, 0.15) is 5.65 Å². The van der Waals surface area contributed by atoms with Gasteiger partial charge in [-0.05, 0) is 42.9 Å². The summed E-state index contributed by atoms with van der Waals surface area (Å²) in [5, 5.41) is 0. The second kappa shape index (κ2) is 8.24.